The smallest absolute Gasteiger partial charge is 0.223 e. The van der Waals surface area contributed by atoms with Gasteiger partial charge in [-0.25, -0.2) is 0 Å². The van der Waals surface area contributed by atoms with Crippen LogP contribution in [0.1, 0.15) is 24.9 Å². The topological polar surface area (TPSA) is 40.5 Å². The van der Waals surface area contributed by atoms with Gasteiger partial charge in [-0.2, -0.15) is 0 Å². The Labute approximate surface area is 174 Å². The van der Waals surface area contributed by atoms with Gasteiger partial charge in [0.25, 0.3) is 0 Å². The van der Waals surface area contributed by atoms with Crippen LogP contribution in [-0.4, -0.2) is 35.2 Å². The molecular weight excluding hydrogens is 377 g/mol. The van der Waals surface area contributed by atoms with E-state index >= 15 is 0 Å². The molecule has 2 atom stereocenters. The van der Waals surface area contributed by atoms with Crippen LogP contribution in [0.15, 0.2) is 91.0 Å². The summed E-state index contributed by atoms with van der Waals surface area (Å²) in [6, 6.07) is 30.3. The zero-order valence-corrected chi connectivity index (χ0v) is 17.9. The molecule has 0 aliphatic heterocycles. The largest absolute Gasteiger partial charge is 0.394 e. The molecule has 0 unspecified atom stereocenters. The quantitative estimate of drug-likeness (QED) is 0.574. The number of nitrogens with zero attached hydrogens (tertiary/aromatic N) is 1. The third kappa shape index (κ3) is 5.32. The van der Waals surface area contributed by atoms with Crippen LogP contribution in [0.2, 0.25) is 0 Å². The van der Waals surface area contributed by atoms with Gasteiger partial charge < -0.3 is 10.0 Å². The summed E-state index contributed by atoms with van der Waals surface area (Å²) in [5.74, 6) is 0.0553. The fourth-order valence-electron chi connectivity index (χ4n) is 3.62. The summed E-state index contributed by atoms with van der Waals surface area (Å²) in [7, 11) is 1.13. The van der Waals surface area contributed by atoms with Crippen LogP contribution in [0.4, 0.5) is 0 Å². The second-order valence-corrected chi connectivity index (χ2v) is 9.86. The molecule has 4 heteroatoms. The van der Waals surface area contributed by atoms with E-state index in [1.165, 1.54) is 10.6 Å². The van der Waals surface area contributed by atoms with Crippen LogP contribution in [0.3, 0.4) is 0 Å². The number of likely N-dealkylation sites (N-methyl/N-ethyl adjacent to an activating group) is 1. The van der Waals surface area contributed by atoms with Crippen molar-refractivity contribution in [1.29, 1.82) is 0 Å². The number of hydrogen-bond donors (Lipinski definition) is 1. The molecule has 3 aromatic carbocycles. The molecule has 0 aromatic heterocycles. The van der Waals surface area contributed by atoms with Gasteiger partial charge in [-0.15, -0.1) is 0 Å². The third-order valence-corrected chi connectivity index (χ3v) is 7.97. The van der Waals surface area contributed by atoms with Crippen molar-refractivity contribution in [1.82, 2.24) is 4.90 Å². The number of aliphatic hydroxyl groups excluding tert-OH is 1. The lowest BCUT2D eigenvalue weighted by Gasteiger charge is -2.30. The van der Waals surface area contributed by atoms with Crippen molar-refractivity contribution in [3.05, 3.63) is 96.6 Å². The number of hydrogen-bond acceptors (Lipinski definition) is 2. The Morgan fingerprint density at radius 2 is 1.31 bits per heavy atom. The molecule has 0 heterocycles. The Bertz CT molecular complexity index is 847. The minimum atomic E-state index is -0.657. The summed E-state index contributed by atoms with van der Waals surface area (Å²) in [4.78, 5) is 14.8. The molecule has 0 saturated carbocycles. The van der Waals surface area contributed by atoms with Crippen molar-refractivity contribution in [2.45, 2.75) is 25.0 Å². The zero-order valence-electron chi connectivity index (χ0n) is 17.0. The molecule has 0 aliphatic carbocycles. The number of benzene rings is 3. The number of aliphatic hydroxyl groups is 1. The first-order chi connectivity index (χ1) is 14.1. The Morgan fingerprint density at radius 3 is 1.76 bits per heavy atom. The number of amides is 1. The van der Waals surface area contributed by atoms with Crippen molar-refractivity contribution in [3.63, 3.8) is 0 Å². The minimum Gasteiger partial charge on any atom is -0.394 e. The maximum Gasteiger partial charge on any atom is 0.223 e. The highest BCUT2D eigenvalue weighted by Gasteiger charge is 2.27. The Balaban J connectivity index is 1.80. The summed E-state index contributed by atoms with van der Waals surface area (Å²) in [6.45, 7) is 2.07. The SMILES string of the molecule is C[C@@H](CC(=O)N(C)[C@@H](CO)c1ccccc1)P(c1ccccc1)c1ccccc1. The van der Waals surface area contributed by atoms with Crippen LogP contribution in [-0.2, 0) is 4.79 Å². The molecule has 0 saturated heterocycles. The molecule has 0 fully saturated rings. The minimum absolute atomic E-state index is 0.0553. The first-order valence-electron chi connectivity index (χ1n) is 9.92. The molecule has 1 N–H and O–H groups in total. The molecule has 0 spiro atoms. The van der Waals surface area contributed by atoms with Crippen molar-refractivity contribution in [2.24, 2.45) is 0 Å². The Hall–Kier alpha value is -2.48. The van der Waals surface area contributed by atoms with Crippen LogP contribution in [0, 0.1) is 0 Å². The standard InChI is InChI=1S/C25H28NO2P/c1-20(18-25(28)26(2)24(19-27)21-12-6-3-7-13-21)29(22-14-8-4-9-15-22)23-16-10-5-11-17-23/h3-17,20,24,27H,18-19H2,1-2H3/t20-,24-/m0/s1. The fourth-order valence-corrected chi connectivity index (χ4v) is 6.27. The van der Waals surface area contributed by atoms with Crippen molar-refractivity contribution in [3.8, 4) is 0 Å². The van der Waals surface area contributed by atoms with Crippen LogP contribution in [0.5, 0.6) is 0 Å². The lowest BCUT2D eigenvalue weighted by atomic mass is 10.1. The Morgan fingerprint density at radius 1 is 0.862 bits per heavy atom. The van der Waals surface area contributed by atoms with E-state index in [0.29, 0.717) is 6.42 Å². The van der Waals surface area contributed by atoms with E-state index in [2.05, 4.69) is 55.5 Å². The average Bonchev–Trinajstić information content (AvgIpc) is 2.76. The maximum absolute atomic E-state index is 13.1. The van der Waals surface area contributed by atoms with Crippen molar-refractivity contribution >= 4 is 24.4 Å². The summed E-state index contributed by atoms with van der Waals surface area (Å²) in [5, 5.41) is 12.5. The van der Waals surface area contributed by atoms with Gasteiger partial charge in [0.1, 0.15) is 0 Å². The summed E-state index contributed by atoms with van der Waals surface area (Å²) < 4.78 is 0. The summed E-state index contributed by atoms with van der Waals surface area (Å²) >= 11 is 0. The highest BCUT2D eigenvalue weighted by Crippen LogP contribution is 2.41. The molecule has 3 aromatic rings. The molecule has 29 heavy (non-hydrogen) atoms. The third-order valence-electron chi connectivity index (χ3n) is 5.20. The van der Waals surface area contributed by atoms with Crippen molar-refractivity contribution in [2.75, 3.05) is 13.7 Å². The highest BCUT2D eigenvalue weighted by molar-refractivity contribution is 7.73. The van der Waals surface area contributed by atoms with Gasteiger partial charge in [-0.1, -0.05) is 97.9 Å². The van der Waals surface area contributed by atoms with Gasteiger partial charge in [-0.3, -0.25) is 4.79 Å². The molecule has 1 amide bonds. The predicted octanol–water partition coefficient (Wildman–Crippen LogP) is 4.09. The van der Waals surface area contributed by atoms with Crippen LogP contribution < -0.4 is 10.6 Å². The van der Waals surface area contributed by atoms with Gasteiger partial charge >= 0.3 is 0 Å². The van der Waals surface area contributed by atoms with E-state index in [9.17, 15) is 9.90 Å². The van der Waals surface area contributed by atoms with Gasteiger partial charge in [-0.05, 0) is 29.8 Å². The van der Waals surface area contributed by atoms with Crippen molar-refractivity contribution < 1.29 is 9.90 Å². The van der Waals surface area contributed by atoms with E-state index in [0.717, 1.165) is 5.56 Å². The molecule has 0 radical (unpaired) electrons. The summed E-state index contributed by atoms with van der Waals surface area (Å²) in [5.41, 5.74) is 1.13. The number of carbonyl (C=O) groups excluding carboxylic acids is 1. The summed E-state index contributed by atoms with van der Waals surface area (Å²) in [6.07, 6.45) is 0.440. The monoisotopic (exact) mass is 405 g/mol. The molecule has 3 nitrogen and oxygen atoms in total. The predicted molar refractivity (Wildman–Crippen MR) is 122 cm³/mol. The van der Waals surface area contributed by atoms with Crippen LogP contribution >= 0.6 is 7.92 Å². The van der Waals surface area contributed by atoms with E-state index in [1.807, 2.05) is 42.5 Å². The Kier molecular flexibility index (Phi) is 7.57. The highest BCUT2D eigenvalue weighted by atomic mass is 31.1. The average molecular weight is 405 g/mol. The first kappa shape index (κ1) is 21.2. The van der Waals surface area contributed by atoms with Gasteiger partial charge in [0.05, 0.1) is 12.6 Å². The molecule has 150 valence electrons. The fraction of sp³-hybridized carbons (Fsp3) is 0.240. The van der Waals surface area contributed by atoms with E-state index in [1.54, 1.807) is 11.9 Å². The second kappa shape index (κ2) is 10.3. The lowest BCUT2D eigenvalue weighted by molar-refractivity contribution is -0.132. The molecule has 0 bridgehead atoms. The number of rotatable bonds is 8. The van der Waals surface area contributed by atoms with Gasteiger partial charge in [0.15, 0.2) is 0 Å². The van der Waals surface area contributed by atoms with Crippen LogP contribution in [0.25, 0.3) is 0 Å². The molecule has 0 aliphatic rings. The molecular formula is C25H28NO2P. The first-order valence-corrected chi connectivity index (χ1v) is 11.3. The normalized spacial score (nSPS) is 13.1. The number of carbonyl (C=O) groups is 1. The van der Waals surface area contributed by atoms with Gasteiger partial charge in [0, 0.05) is 13.5 Å². The maximum atomic E-state index is 13.1. The second-order valence-electron chi connectivity index (χ2n) is 7.21. The van der Waals surface area contributed by atoms with E-state index < -0.39 is 7.92 Å². The van der Waals surface area contributed by atoms with Gasteiger partial charge in [0.2, 0.25) is 5.91 Å². The van der Waals surface area contributed by atoms with E-state index in [4.69, 9.17) is 0 Å². The molecule has 3 rings (SSSR count). The van der Waals surface area contributed by atoms with E-state index in [-0.39, 0.29) is 24.2 Å². The zero-order chi connectivity index (χ0) is 20.6. The lowest BCUT2D eigenvalue weighted by Crippen LogP contribution is -2.35.